The Bertz CT molecular complexity index is 1700. The van der Waals surface area contributed by atoms with Gasteiger partial charge in [0.15, 0.2) is 5.83 Å². The lowest BCUT2D eigenvalue weighted by atomic mass is 10.1. The van der Waals surface area contributed by atoms with Crippen molar-refractivity contribution in [3.05, 3.63) is 109 Å². The maximum absolute atomic E-state index is 15.6. The Balaban J connectivity index is 1.77. The molecule has 1 N–H and O–H groups in total. The number of aryl methyl sites for hydroxylation is 1. The average Bonchev–Trinajstić information content (AvgIpc) is 3.56. The van der Waals surface area contributed by atoms with Crippen LogP contribution in [0.4, 0.5) is 18.9 Å². The Morgan fingerprint density at radius 2 is 1.92 bits per heavy atom. The van der Waals surface area contributed by atoms with E-state index in [9.17, 15) is 18.2 Å². The van der Waals surface area contributed by atoms with E-state index in [0.717, 1.165) is 22.9 Å². The van der Waals surface area contributed by atoms with Crippen molar-refractivity contribution in [1.29, 1.82) is 0 Å². The summed E-state index contributed by atoms with van der Waals surface area (Å²) in [6.45, 7) is 4.97. The molecule has 204 valence electrons. The second-order valence-corrected chi connectivity index (χ2v) is 10.6. The van der Waals surface area contributed by atoms with Gasteiger partial charge in [-0.3, -0.25) is 23.4 Å². The van der Waals surface area contributed by atoms with E-state index >= 15 is 8.78 Å². The topological polar surface area (TPSA) is 87.3 Å². The number of halogens is 4. The predicted octanol–water partition coefficient (Wildman–Crippen LogP) is 5.25. The zero-order valence-corrected chi connectivity index (χ0v) is 22.9. The molecule has 3 heterocycles. The van der Waals surface area contributed by atoms with Crippen LogP contribution in [0.5, 0.6) is 0 Å². The van der Waals surface area contributed by atoms with Crippen molar-refractivity contribution in [1.82, 2.24) is 9.55 Å². The van der Waals surface area contributed by atoms with E-state index in [4.69, 9.17) is 11.6 Å². The quantitative estimate of drug-likeness (QED) is 0.307. The molecular weight excluding hydrogens is 553 g/mol. The molecule has 1 fully saturated rings. The van der Waals surface area contributed by atoms with Gasteiger partial charge in [0, 0.05) is 29.8 Å². The molecular formula is C27H24ClF3N4O3S. The first-order valence-electron chi connectivity index (χ1n) is 11.8. The van der Waals surface area contributed by atoms with Crippen molar-refractivity contribution in [2.24, 2.45) is 4.99 Å². The molecule has 1 saturated heterocycles. The molecule has 7 nitrogen and oxygen atoms in total. The van der Waals surface area contributed by atoms with Crippen LogP contribution >= 0.6 is 11.6 Å². The summed E-state index contributed by atoms with van der Waals surface area (Å²) < 4.78 is 58.0. The Hall–Kier alpha value is -3.70. The molecule has 3 atom stereocenters. The van der Waals surface area contributed by atoms with Gasteiger partial charge in [-0.15, -0.1) is 0 Å². The number of nitrogens with one attached hydrogen (secondary N) is 1. The lowest BCUT2D eigenvalue weighted by Gasteiger charge is -2.14. The van der Waals surface area contributed by atoms with Gasteiger partial charge in [-0.25, -0.2) is 13.2 Å². The van der Waals surface area contributed by atoms with Crippen LogP contribution in [0.25, 0.3) is 6.20 Å². The largest absolute Gasteiger partial charge is 0.354 e. The molecule has 2 unspecified atom stereocenters. The van der Waals surface area contributed by atoms with E-state index in [0.29, 0.717) is 0 Å². The van der Waals surface area contributed by atoms with E-state index in [1.54, 1.807) is 25.7 Å². The van der Waals surface area contributed by atoms with E-state index < -0.39 is 51.1 Å². The Morgan fingerprint density at radius 1 is 1.21 bits per heavy atom. The second-order valence-electron chi connectivity index (χ2n) is 8.85. The highest BCUT2D eigenvalue weighted by molar-refractivity contribution is 7.84. The van der Waals surface area contributed by atoms with E-state index in [2.05, 4.69) is 9.98 Å². The molecule has 2 aromatic heterocycles. The molecule has 0 radical (unpaired) electrons. The number of aromatic nitrogens is 2. The third kappa shape index (κ3) is 5.41. The summed E-state index contributed by atoms with van der Waals surface area (Å²) in [7, 11) is -1.67. The van der Waals surface area contributed by atoms with Gasteiger partial charge in [0.2, 0.25) is 5.56 Å². The number of hydrogen-bond acceptors (Lipinski definition) is 5. The van der Waals surface area contributed by atoms with Crippen LogP contribution in [-0.4, -0.2) is 31.8 Å². The fraction of sp³-hybridized carbons (Fsp3) is 0.222. The summed E-state index contributed by atoms with van der Waals surface area (Å²) in [6.07, 6.45) is 4.93. The molecule has 0 spiro atoms. The van der Waals surface area contributed by atoms with Crippen molar-refractivity contribution in [3.8, 4) is 0 Å². The third-order valence-electron chi connectivity index (χ3n) is 6.28. The fourth-order valence-corrected chi connectivity index (χ4v) is 5.22. The summed E-state index contributed by atoms with van der Waals surface area (Å²) in [6, 6.07) is 6.89. The minimum atomic E-state index is -1.67. The highest BCUT2D eigenvalue weighted by atomic mass is 35.5. The van der Waals surface area contributed by atoms with Crippen LogP contribution < -0.4 is 16.0 Å². The predicted molar refractivity (Wildman–Crippen MR) is 148 cm³/mol. The minimum Gasteiger partial charge on any atom is -0.354 e. The number of nitrogens with zero attached hydrogens (tertiary/aromatic N) is 3. The van der Waals surface area contributed by atoms with Crippen molar-refractivity contribution < 1.29 is 17.4 Å². The van der Waals surface area contributed by atoms with Gasteiger partial charge >= 0.3 is 0 Å². The second kappa shape index (κ2) is 11.2. The van der Waals surface area contributed by atoms with Crippen LogP contribution in [0.3, 0.4) is 0 Å². The Labute approximate surface area is 229 Å². The van der Waals surface area contributed by atoms with Crippen LogP contribution in [0.15, 0.2) is 74.0 Å². The smallest absolute Gasteiger partial charge is 0.275 e. The highest BCUT2D eigenvalue weighted by Crippen LogP contribution is 2.48. The van der Waals surface area contributed by atoms with Gasteiger partial charge in [0.05, 0.1) is 45.4 Å². The molecule has 39 heavy (non-hydrogen) atoms. The number of hydrogen-bond donors (Lipinski definition) is 1. The summed E-state index contributed by atoms with van der Waals surface area (Å²) >= 11 is 6.41. The van der Waals surface area contributed by atoms with Gasteiger partial charge < -0.3 is 9.88 Å². The molecule has 0 saturated carbocycles. The van der Waals surface area contributed by atoms with Crippen LogP contribution in [0, 0.1) is 18.6 Å². The van der Waals surface area contributed by atoms with Gasteiger partial charge in [-0.2, -0.15) is 0 Å². The number of benzene rings is 1. The maximum Gasteiger partial charge on any atom is 0.275 e. The standard InChI is InChI=1S/C27H24ClF3N4O3S/c1-5-11-32-24(16-7-6-8-20(23(16)31)39(4)38)18(30)13-34-14(2)12-19(22(28)27(34)37)35-15(3)26(35)25-17(29)9-10-21(36)33-25/h5-13,15,26H,1-4H3,(H,33,36)/b11-5+,18-13-,32-24+/t15-,26?,35?,39?/m1/s1. The van der Waals surface area contributed by atoms with E-state index in [1.165, 1.54) is 42.8 Å². The summed E-state index contributed by atoms with van der Waals surface area (Å²) in [5.41, 5.74) is -1.24. The highest BCUT2D eigenvalue weighted by Gasteiger charge is 2.48. The number of pyridine rings is 2. The van der Waals surface area contributed by atoms with Crippen molar-refractivity contribution in [3.63, 3.8) is 0 Å². The third-order valence-corrected chi connectivity index (χ3v) is 7.57. The number of anilines is 1. The monoisotopic (exact) mass is 576 g/mol. The summed E-state index contributed by atoms with van der Waals surface area (Å²) in [5.74, 6) is -2.53. The molecule has 0 aliphatic carbocycles. The van der Waals surface area contributed by atoms with E-state index in [-0.39, 0.29) is 38.6 Å². The molecule has 4 rings (SSSR count). The summed E-state index contributed by atoms with van der Waals surface area (Å²) in [4.78, 5) is 33.0. The van der Waals surface area contributed by atoms with E-state index in [1.807, 2.05) is 0 Å². The lowest BCUT2D eigenvalue weighted by Crippen LogP contribution is -2.21. The average molecular weight is 577 g/mol. The first kappa shape index (κ1) is 28.3. The van der Waals surface area contributed by atoms with Gasteiger partial charge in [0.1, 0.15) is 22.4 Å². The number of allylic oxidation sites excluding steroid dienone is 2. The molecule has 0 bridgehead atoms. The zero-order chi connectivity index (χ0) is 28.6. The minimum absolute atomic E-state index is 0.0703. The molecule has 0 amide bonds. The number of H-pyrrole nitrogens is 1. The molecule has 1 aliphatic heterocycles. The number of rotatable bonds is 7. The van der Waals surface area contributed by atoms with Crippen molar-refractivity contribution in [2.45, 2.75) is 37.8 Å². The normalized spacial score (nSPS) is 18.6. The van der Waals surface area contributed by atoms with Crippen LogP contribution in [-0.2, 0) is 10.8 Å². The molecule has 3 aromatic rings. The molecule has 1 aliphatic rings. The van der Waals surface area contributed by atoms with Gasteiger partial charge in [-0.1, -0.05) is 23.7 Å². The van der Waals surface area contributed by atoms with Crippen molar-refractivity contribution in [2.75, 3.05) is 11.2 Å². The molecule has 12 heteroatoms. The number of aromatic amines is 1. The van der Waals surface area contributed by atoms with Gasteiger partial charge in [0.25, 0.3) is 5.56 Å². The van der Waals surface area contributed by atoms with Crippen LogP contribution in [0.1, 0.15) is 36.8 Å². The lowest BCUT2D eigenvalue weighted by molar-refractivity contribution is 0.591. The SMILES string of the molecule is C/C=C/N=C(/C(F)=C/n1c(C)cc(N2C(c3[nH]c(=O)ccc3F)[C@H]2C)c(Cl)c1=O)c1cccc(S(C)=O)c1F. The van der Waals surface area contributed by atoms with Gasteiger partial charge in [-0.05, 0) is 45.0 Å². The fourth-order valence-electron chi connectivity index (χ4n) is 4.34. The molecule has 1 aromatic carbocycles. The number of aliphatic imine (C=N–C) groups is 1. The Morgan fingerprint density at radius 3 is 2.59 bits per heavy atom. The van der Waals surface area contributed by atoms with Crippen molar-refractivity contribution >= 4 is 40.0 Å². The first-order chi connectivity index (χ1) is 18.5. The first-order valence-corrected chi connectivity index (χ1v) is 13.7. The summed E-state index contributed by atoms with van der Waals surface area (Å²) in [5, 5.41) is -0.251. The maximum atomic E-state index is 15.6. The van der Waals surface area contributed by atoms with Crippen LogP contribution in [0.2, 0.25) is 5.02 Å². The zero-order valence-electron chi connectivity index (χ0n) is 21.3. The Kier molecular flexibility index (Phi) is 8.12.